The molecule has 2 rings (SSSR count). The van der Waals surface area contributed by atoms with Crippen LogP contribution in [0.1, 0.15) is 16.4 Å². The van der Waals surface area contributed by atoms with Gasteiger partial charge in [0.25, 0.3) is 0 Å². The predicted octanol–water partition coefficient (Wildman–Crippen LogP) is 2.28. The Morgan fingerprint density at radius 2 is 2.69 bits per heavy atom. The van der Waals surface area contributed by atoms with Crippen molar-refractivity contribution in [2.45, 2.75) is 6.08 Å². The topological polar surface area (TPSA) is 12.5 Å². The average molecular weight is 254 g/mol. The summed E-state index contributed by atoms with van der Waals surface area (Å²) in [4.78, 5) is 0.228. The SMILES string of the molecule is [2H]c1c([2H])c(Br)c([2H])c(N2C([2H])([2H])C([2H])(OC([2H])([2H])[2H])C2([2H])[2H])c1[2H]. The van der Waals surface area contributed by atoms with Gasteiger partial charge in [-0.25, -0.2) is 0 Å². The molecule has 0 saturated carbocycles. The fourth-order valence-electron chi connectivity index (χ4n) is 0.784. The van der Waals surface area contributed by atoms with Crippen molar-refractivity contribution in [1.82, 2.24) is 0 Å². The fourth-order valence-corrected chi connectivity index (χ4v) is 1.07. The van der Waals surface area contributed by atoms with E-state index in [4.69, 9.17) is 16.4 Å². The quantitative estimate of drug-likeness (QED) is 0.802. The van der Waals surface area contributed by atoms with Crippen LogP contribution in [0.25, 0.3) is 0 Å². The highest BCUT2D eigenvalue weighted by Crippen LogP contribution is 2.24. The molecule has 2 nitrogen and oxygen atoms in total. The molecule has 1 saturated heterocycles. The molecule has 1 aliphatic heterocycles. The number of anilines is 1. The molecular formula is C10H12BrNO. The molecule has 3 heteroatoms. The fraction of sp³-hybridized carbons (Fsp3) is 0.400. The van der Waals surface area contributed by atoms with Crippen LogP contribution in [0.15, 0.2) is 28.6 Å². The van der Waals surface area contributed by atoms with Gasteiger partial charge in [-0.3, -0.25) is 0 Å². The molecule has 0 bridgehead atoms. The number of hydrogen-bond acceptors (Lipinski definition) is 2. The Balaban J connectivity index is 2.68. The zero-order valence-corrected chi connectivity index (χ0v) is 7.82. The summed E-state index contributed by atoms with van der Waals surface area (Å²) in [5.74, 6) is 0. The van der Waals surface area contributed by atoms with Gasteiger partial charge in [-0.05, 0) is 18.1 Å². The van der Waals surface area contributed by atoms with Crippen LogP contribution in [0.4, 0.5) is 5.69 Å². The van der Waals surface area contributed by atoms with E-state index >= 15 is 0 Å². The number of benzene rings is 1. The molecule has 0 aliphatic carbocycles. The van der Waals surface area contributed by atoms with Gasteiger partial charge in [-0.1, -0.05) is 22.0 Å². The zero-order chi connectivity index (χ0) is 19.7. The first-order chi connectivity index (χ1) is 11.0. The molecule has 0 spiro atoms. The summed E-state index contributed by atoms with van der Waals surface area (Å²) < 4.78 is 96.0. The maximum absolute atomic E-state index is 7.95. The molecule has 0 amide bonds. The zero-order valence-electron chi connectivity index (χ0n) is 18.2. The molecule has 0 N–H and O–H groups in total. The summed E-state index contributed by atoms with van der Waals surface area (Å²) in [6.45, 7) is -6.13. The summed E-state index contributed by atoms with van der Waals surface area (Å²) >= 11 is 2.87. The summed E-state index contributed by atoms with van der Waals surface area (Å²) in [5, 5.41) is 0. The van der Waals surface area contributed by atoms with E-state index in [0.717, 1.165) is 0 Å². The molecule has 0 unspecified atom stereocenters. The van der Waals surface area contributed by atoms with Crippen molar-refractivity contribution in [3.05, 3.63) is 28.6 Å². The van der Waals surface area contributed by atoms with E-state index in [2.05, 4.69) is 20.7 Å². The standard InChI is InChI=1S/C10H12BrNO/c1-13-10-6-12(7-10)9-4-2-3-8(11)5-9/h2-5,10H,6-7H2,1H3/i1D3,2D,3D,4D,5D,6D2,7D2,10D. The summed E-state index contributed by atoms with van der Waals surface area (Å²) in [6, 6.07) is -2.60. The van der Waals surface area contributed by atoms with Crippen LogP contribution >= 0.6 is 15.9 Å². The number of methoxy groups -OCH3 is 1. The van der Waals surface area contributed by atoms with Gasteiger partial charge in [0.15, 0.2) is 0 Å². The Kier molecular flexibility index (Phi) is 0.715. The smallest absolute Gasteiger partial charge is 0.0920 e. The van der Waals surface area contributed by atoms with E-state index in [1.54, 1.807) is 0 Å². The normalized spacial score (nSPS) is 41.8. The lowest BCUT2D eigenvalue weighted by Gasteiger charge is -2.40. The van der Waals surface area contributed by atoms with E-state index in [-0.39, 0.29) is 9.37 Å². The Morgan fingerprint density at radius 3 is 3.46 bits per heavy atom. The van der Waals surface area contributed by atoms with Crippen LogP contribution in [0.2, 0.25) is 0 Å². The molecule has 1 heterocycles. The third-order valence-electron chi connectivity index (χ3n) is 1.33. The van der Waals surface area contributed by atoms with Crippen molar-refractivity contribution in [2.24, 2.45) is 0 Å². The van der Waals surface area contributed by atoms with Gasteiger partial charge >= 0.3 is 0 Å². The van der Waals surface area contributed by atoms with Crippen molar-refractivity contribution in [3.63, 3.8) is 0 Å². The van der Waals surface area contributed by atoms with Crippen LogP contribution in [0.5, 0.6) is 0 Å². The highest BCUT2D eigenvalue weighted by Gasteiger charge is 2.26. The predicted molar refractivity (Wildman–Crippen MR) is 57.2 cm³/mol. The maximum Gasteiger partial charge on any atom is 0.0920 e. The molecule has 1 aliphatic rings. The first kappa shape index (κ1) is 2.52. The molecule has 0 atom stereocenters. The first-order valence-corrected chi connectivity index (χ1v) is 4.06. The highest BCUT2D eigenvalue weighted by atomic mass is 79.9. The van der Waals surface area contributed by atoms with Gasteiger partial charge in [0.1, 0.15) is 0 Å². The van der Waals surface area contributed by atoms with E-state index in [1.165, 1.54) is 0 Å². The van der Waals surface area contributed by atoms with E-state index < -0.39 is 56.0 Å². The third kappa shape index (κ3) is 1.86. The van der Waals surface area contributed by atoms with Crippen molar-refractivity contribution in [3.8, 4) is 0 Å². The summed E-state index contributed by atoms with van der Waals surface area (Å²) in [6.07, 6.45) is -3.17. The molecule has 1 aromatic rings. The summed E-state index contributed by atoms with van der Waals surface area (Å²) in [7, 11) is -3.26. The minimum absolute atomic E-state index is 0.228. The Bertz CT molecular complexity index is 687. The van der Waals surface area contributed by atoms with Gasteiger partial charge in [0.05, 0.1) is 22.5 Å². The van der Waals surface area contributed by atoms with Gasteiger partial charge < -0.3 is 9.64 Å². The van der Waals surface area contributed by atoms with Crippen LogP contribution in [-0.4, -0.2) is 26.1 Å². The van der Waals surface area contributed by atoms with Crippen molar-refractivity contribution < 1.29 is 21.2 Å². The Morgan fingerprint density at radius 1 is 1.85 bits per heavy atom. The second kappa shape index (κ2) is 3.68. The Labute approximate surface area is 103 Å². The van der Waals surface area contributed by atoms with E-state index in [1.807, 2.05) is 0 Å². The number of ether oxygens (including phenoxy) is 1. The van der Waals surface area contributed by atoms with Gasteiger partial charge in [0.2, 0.25) is 0 Å². The lowest BCUT2D eigenvalue weighted by Crippen LogP contribution is -2.51. The van der Waals surface area contributed by atoms with Crippen LogP contribution < -0.4 is 4.90 Å². The highest BCUT2D eigenvalue weighted by molar-refractivity contribution is 9.10. The van der Waals surface area contributed by atoms with Crippen LogP contribution in [-0.2, 0) is 4.74 Å². The van der Waals surface area contributed by atoms with Gasteiger partial charge in [-0.15, -0.1) is 0 Å². The lowest BCUT2D eigenvalue weighted by atomic mass is 10.1. The molecule has 1 aromatic carbocycles. The third-order valence-corrected chi connectivity index (χ3v) is 1.73. The minimum Gasteiger partial charge on any atom is -0.378 e. The molecular weight excluding hydrogens is 230 g/mol. The first-order valence-electron chi connectivity index (χ1n) is 9.27. The number of hydrogen-bond donors (Lipinski definition) is 0. The van der Waals surface area contributed by atoms with E-state index in [0.29, 0.717) is 0 Å². The number of halogens is 1. The minimum atomic E-state index is -3.26. The van der Waals surface area contributed by atoms with Gasteiger partial charge in [0, 0.05) is 30.2 Å². The molecule has 0 radical (unpaired) electrons. The lowest BCUT2D eigenvalue weighted by molar-refractivity contribution is 0.0787. The average Bonchev–Trinajstić information content (AvgIpc) is 2.44. The second-order valence-corrected chi connectivity index (χ2v) is 2.95. The largest absolute Gasteiger partial charge is 0.378 e. The monoisotopic (exact) mass is 253 g/mol. The second-order valence-electron chi connectivity index (χ2n) is 2.15. The number of nitrogens with zero attached hydrogens (tertiary/aromatic N) is 1. The van der Waals surface area contributed by atoms with Crippen LogP contribution in [0.3, 0.4) is 0 Å². The number of rotatable bonds is 2. The van der Waals surface area contributed by atoms with Crippen molar-refractivity contribution >= 4 is 21.6 Å². The van der Waals surface area contributed by atoms with Crippen LogP contribution in [0, 0.1) is 0 Å². The van der Waals surface area contributed by atoms with E-state index in [9.17, 15) is 0 Å². The molecule has 1 fully saturated rings. The van der Waals surface area contributed by atoms with Crippen molar-refractivity contribution in [1.29, 1.82) is 0 Å². The van der Waals surface area contributed by atoms with Crippen molar-refractivity contribution in [2.75, 3.05) is 24.9 Å². The Hall–Kier alpha value is -0.540. The summed E-state index contributed by atoms with van der Waals surface area (Å²) in [5.41, 5.74) is -0.681. The molecule has 13 heavy (non-hydrogen) atoms. The molecule has 70 valence electrons. The van der Waals surface area contributed by atoms with Gasteiger partial charge in [-0.2, -0.15) is 0 Å². The molecule has 0 aromatic heterocycles. The maximum atomic E-state index is 7.95.